The molecule has 1 unspecified atom stereocenters. The van der Waals surface area contributed by atoms with E-state index in [4.69, 9.17) is 4.74 Å². The topological polar surface area (TPSA) is 44.8 Å². The van der Waals surface area contributed by atoms with E-state index in [1.807, 2.05) is 4.90 Å². The fourth-order valence-corrected chi connectivity index (χ4v) is 4.01. The van der Waals surface area contributed by atoms with Gasteiger partial charge in [-0.3, -0.25) is 9.69 Å². The van der Waals surface area contributed by atoms with Crippen molar-refractivity contribution in [1.82, 2.24) is 15.1 Å². The monoisotopic (exact) mass is 381 g/mol. The second kappa shape index (κ2) is 11.5. The molecule has 0 radical (unpaired) electrons. The highest BCUT2D eigenvalue weighted by atomic mass is 35.5. The van der Waals surface area contributed by atoms with E-state index < -0.39 is 0 Å². The van der Waals surface area contributed by atoms with Gasteiger partial charge in [-0.25, -0.2) is 0 Å². The summed E-state index contributed by atoms with van der Waals surface area (Å²) in [7, 11) is 0. The Bertz CT molecular complexity index is 354. The van der Waals surface area contributed by atoms with E-state index >= 15 is 0 Å². The van der Waals surface area contributed by atoms with Gasteiger partial charge in [0.05, 0.1) is 13.2 Å². The normalized spacial score (nSPS) is 26.3. The predicted molar refractivity (Wildman–Crippen MR) is 101 cm³/mol. The van der Waals surface area contributed by atoms with Gasteiger partial charge in [-0.1, -0.05) is 19.3 Å². The van der Waals surface area contributed by atoms with Crippen LogP contribution in [0.2, 0.25) is 0 Å². The van der Waals surface area contributed by atoms with Crippen molar-refractivity contribution in [1.29, 1.82) is 0 Å². The molecule has 24 heavy (non-hydrogen) atoms. The quantitative estimate of drug-likeness (QED) is 0.807. The third kappa shape index (κ3) is 6.68. The lowest BCUT2D eigenvalue weighted by molar-refractivity contribution is -0.134. The highest BCUT2D eigenvalue weighted by Gasteiger charge is 2.26. The van der Waals surface area contributed by atoms with Crippen LogP contribution < -0.4 is 5.32 Å². The summed E-state index contributed by atoms with van der Waals surface area (Å²) in [5.74, 6) is 1.19. The number of nitrogens with zero attached hydrogens (tertiary/aromatic N) is 2. The Morgan fingerprint density at radius 1 is 1.04 bits per heavy atom. The molecule has 0 aromatic heterocycles. The van der Waals surface area contributed by atoms with Crippen LogP contribution in [0.15, 0.2) is 0 Å². The standard InChI is InChI=1S/C17H31N3O2.2ClH/c21-17(12-16-14-22-11-6-18-16)20-9-7-19(8-10-20)13-15-4-2-1-3-5-15;;/h15-16,18H,1-14H2;2*1H. The molecular weight excluding hydrogens is 349 g/mol. The van der Waals surface area contributed by atoms with Gasteiger partial charge in [0.1, 0.15) is 0 Å². The first kappa shape index (κ1) is 22.0. The fourth-order valence-electron chi connectivity index (χ4n) is 4.01. The van der Waals surface area contributed by atoms with E-state index in [1.54, 1.807) is 0 Å². The molecule has 2 heterocycles. The molecule has 1 atom stereocenters. The first-order chi connectivity index (χ1) is 10.8. The van der Waals surface area contributed by atoms with E-state index in [0.29, 0.717) is 18.9 Å². The number of halogens is 2. The zero-order valence-electron chi connectivity index (χ0n) is 14.6. The number of carbonyl (C=O) groups excluding carboxylic acids is 1. The second-order valence-electron chi connectivity index (χ2n) is 7.12. The van der Waals surface area contributed by atoms with Gasteiger partial charge in [0.25, 0.3) is 0 Å². The third-order valence-corrected chi connectivity index (χ3v) is 5.39. The number of rotatable bonds is 4. The Balaban J connectivity index is 0.00000144. The van der Waals surface area contributed by atoms with Crippen LogP contribution in [0.25, 0.3) is 0 Å². The molecule has 7 heteroatoms. The van der Waals surface area contributed by atoms with E-state index in [2.05, 4.69) is 10.2 Å². The molecule has 2 aliphatic heterocycles. The summed E-state index contributed by atoms with van der Waals surface area (Å²) in [5.41, 5.74) is 0. The van der Waals surface area contributed by atoms with E-state index in [-0.39, 0.29) is 30.9 Å². The van der Waals surface area contributed by atoms with Crippen LogP contribution in [0.5, 0.6) is 0 Å². The summed E-state index contributed by atoms with van der Waals surface area (Å²) in [6, 6.07) is 0.210. The maximum atomic E-state index is 12.4. The minimum atomic E-state index is 0. The number of hydrogen-bond acceptors (Lipinski definition) is 4. The summed E-state index contributed by atoms with van der Waals surface area (Å²) in [6.07, 6.45) is 7.67. The molecule has 5 nitrogen and oxygen atoms in total. The number of morpholine rings is 1. The van der Waals surface area contributed by atoms with E-state index in [1.165, 1.54) is 38.6 Å². The van der Waals surface area contributed by atoms with Crippen LogP contribution >= 0.6 is 24.8 Å². The van der Waals surface area contributed by atoms with Crippen molar-refractivity contribution >= 4 is 30.7 Å². The zero-order chi connectivity index (χ0) is 15.2. The highest BCUT2D eigenvalue weighted by Crippen LogP contribution is 2.24. The van der Waals surface area contributed by atoms with Crippen LogP contribution in [0, 0.1) is 5.92 Å². The molecule has 3 aliphatic rings. The average molecular weight is 382 g/mol. The van der Waals surface area contributed by atoms with Gasteiger partial charge < -0.3 is 15.0 Å². The van der Waals surface area contributed by atoms with Crippen molar-refractivity contribution in [2.24, 2.45) is 5.92 Å². The summed E-state index contributed by atoms with van der Waals surface area (Å²) >= 11 is 0. The van der Waals surface area contributed by atoms with Gasteiger partial charge in [0, 0.05) is 51.7 Å². The van der Waals surface area contributed by atoms with Crippen molar-refractivity contribution in [2.45, 2.75) is 44.6 Å². The van der Waals surface area contributed by atoms with Crippen LogP contribution in [0.3, 0.4) is 0 Å². The Morgan fingerprint density at radius 3 is 2.38 bits per heavy atom. The van der Waals surface area contributed by atoms with Gasteiger partial charge in [-0.05, 0) is 18.8 Å². The SMILES string of the molecule is Cl.Cl.O=C(CC1COCCN1)N1CCN(CC2CCCCC2)CC1. The Labute approximate surface area is 158 Å². The number of ether oxygens (including phenoxy) is 1. The Kier molecular flexibility index (Phi) is 10.6. The second-order valence-corrected chi connectivity index (χ2v) is 7.12. The first-order valence-corrected chi connectivity index (χ1v) is 9.12. The van der Waals surface area contributed by atoms with Gasteiger partial charge in [-0.15, -0.1) is 24.8 Å². The lowest BCUT2D eigenvalue weighted by Crippen LogP contribution is -2.52. The number of nitrogens with one attached hydrogen (secondary N) is 1. The molecule has 0 aromatic carbocycles. The minimum absolute atomic E-state index is 0. The van der Waals surface area contributed by atoms with E-state index in [9.17, 15) is 4.79 Å². The molecule has 0 bridgehead atoms. The van der Waals surface area contributed by atoms with Crippen LogP contribution in [0.1, 0.15) is 38.5 Å². The Morgan fingerprint density at radius 2 is 1.75 bits per heavy atom. The van der Waals surface area contributed by atoms with Crippen molar-refractivity contribution in [3.8, 4) is 0 Å². The van der Waals surface area contributed by atoms with Crippen LogP contribution in [-0.2, 0) is 9.53 Å². The van der Waals surface area contributed by atoms with Crippen molar-refractivity contribution in [2.75, 3.05) is 52.5 Å². The molecule has 3 rings (SSSR count). The van der Waals surface area contributed by atoms with Crippen molar-refractivity contribution in [3.63, 3.8) is 0 Å². The predicted octanol–water partition coefficient (Wildman–Crippen LogP) is 1.93. The number of piperazine rings is 1. The highest BCUT2D eigenvalue weighted by molar-refractivity contribution is 5.85. The molecule has 142 valence electrons. The van der Waals surface area contributed by atoms with Gasteiger partial charge in [-0.2, -0.15) is 0 Å². The van der Waals surface area contributed by atoms with Crippen molar-refractivity contribution in [3.05, 3.63) is 0 Å². The van der Waals surface area contributed by atoms with Gasteiger partial charge in [0.2, 0.25) is 5.91 Å². The minimum Gasteiger partial charge on any atom is -0.378 e. The fraction of sp³-hybridized carbons (Fsp3) is 0.941. The summed E-state index contributed by atoms with van der Waals surface area (Å²) < 4.78 is 5.43. The van der Waals surface area contributed by atoms with Gasteiger partial charge in [0.15, 0.2) is 0 Å². The number of hydrogen-bond donors (Lipinski definition) is 1. The van der Waals surface area contributed by atoms with Gasteiger partial charge >= 0.3 is 0 Å². The molecule has 3 fully saturated rings. The summed E-state index contributed by atoms with van der Waals surface area (Å²) in [4.78, 5) is 17.0. The zero-order valence-corrected chi connectivity index (χ0v) is 16.2. The third-order valence-electron chi connectivity index (χ3n) is 5.39. The Hall–Kier alpha value is -0.0700. The lowest BCUT2D eigenvalue weighted by atomic mass is 9.89. The van der Waals surface area contributed by atoms with Crippen LogP contribution in [-0.4, -0.2) is 74.2 Å². The first-order valence-electron chi connectivity index (χ1n) is 9.12. The molecule has 2 saturated heterocycles. The molecule has 1 saturated carbocycles. The molecular formula is C17H33Cl2N3O2. The van der Waals surface area contributed by atoms with E-state index in [0.717, 1.165) is 45.2 Å². The maximum absolute atomic E-state index is 12.4. The number of amides is 1. The summed E-state index contributed by atoms with van der Waals surface area (Å²) in [5, 5.41) is 3.37. The molecule has 1 N–H and O–H groups in total. The average Bonchev–Trinajstić information content (AvgIpc) is 2.57. The molecule has 0 spiro atoms. The largest absolute Gasteiger partial charge is 0.378 e. The smallest absolute Gasteiger partial charge is 0.224 e. The van der Waals surface area contributed by atoms with Crippen molar-refractivity contribution < 1.29 is 9.53 Å². The molecule has 1 aliphatic carbocycles. The molecule has 1 amide bonds. The maximum Gasteiger partial charge on any atom is 0.224 e. The molecule has 0 aromatic rings. The number of carbonyl (C=O) groups is 1. The van der Waals surface area contributed by atoms with Crippen LogP contribution in [0.4, 0.5) is 0 Å². The summed E-state index contributed by atoms with van der Waals surface area (Å²) in [6.45, 7) is 7.47. The lowest BCUT2D eigenvalue weighted by Gasteiger charge is -2.38.